The Kier molecular flexibility index (Phi) is 10.8. The van der Waals surface area contributed by atoms with Crippen LogP contribution >= 0.6 is 0 Å². The molecule has 0 unspecified atom stereocenters. The average Bonchev–Trinajstić information content (AvgIpc) is 2.77. The number of aliphatic imine (C=N–C) groups is 1. The minimum atomic E-state index is -0.457. The molecule has 0 saturated carbocycles. The number of rotatable bonds is 12. The van der Waals surface area contributed by atoms with Crippen LogP contribution in [-0.4, -0.2) is 25.4 Å². The van der Waals surface area contributed by atoms with E-state index in [2.05, 4.69) is 55.2 Å². The zero-order valence-corrected chi connectivity index (χ0v) is 21.6. The number of hydrogen-bond acceptors (Lipinski definition) is 4. The van der Waals surface area contributed by atoms with Gasteiger partial charge in [-0.05, 0) is 49.4 Å². The van der Waals surface area contributed by atoms with Gasteiger partial charge in [-0.15, -0.1) is 0 Å². The second kappa shape index (κ2) is 13.5. The summed E-state index contributed by atoms with van der Waals surface area (Å²) >= 11 is 0. The van der Waals surface area contributed by atoms with Gasteiger partial charge >= 0.3 is 6.03 Å². The molecular weight excluding hydrogens is 443 g/mol. The fourth-order valence-electron chi connectivity index (χ4n) is 3.33. The van der Waals surface area contributed by atoms with E-state index in [0.717, 1.165) is 25.7 Å². The average molecular weight is 483 g/mol. The van der Waals surface area contributed by atoms with E-state index in [1.54, 1.807) is 43.5 Å². The molecule has 2 amide bonds. The molecule has 0 atom stereocenters. The third-order valence-electron chi connectivity index (χ3n) is 5.23. The summed E-state index contributed by atoms with van der Waals surface area (Å²) in [6, 6.07) is 9.97. The Bertz CT molecular complexity index is 1010. The Hall–Kier alpha value is -3.35. The predicted molar refractivity (Wildman–Crippen MR) is 145 cm³/mol. The van der Waals surface area contributed by atoms with Crippen LogP contribution < -0.4 is 20.7 Å². The SMILES string of the molecule is C=C(Nc1ccc(NC(=O)NCCC(C)(C)C)cc1)c1c(F)cc(OCCCCC)cc1N=CC. The highest BCUT2D eigenvalue weighted by atomic mass is 19.1. The number of amides is 2. The number of nitrogens with zero attached hydrogens (tertiary/aromatic N) is 1. The highest BCUT2D eigenvalue weighted by molar-refractivity contribution is 5.90. The Morgan fingerprint density at radius 1 is 1.11 bits per heavy atom. The van der Waals surface area contributed by atoms with Crippen molar-refractivity contribution < 1.29 is 13.9 Å². The van der Waals surface area contributed by atoms with Crippen LogP contribution in [0.4, 0.5) is 26.2 Å². The predicted octanol–water partition coefficient (Wildman–Crippen LogP) is 7.76. The van der Waals surface area contributed by atoms with Crippen LogP contribution in [0.15, 0.2) is 48.0 Å². The number of nitrogens with one attached hydrogen (secondary N) is 3. The van der Waals surface area contributed by atoms with Crippen LogP contribution in [0, 0.1) is 11.2 Å². The molecule has 0 fully saturated rings. The van der Waals surface area contributed by atoms with Gasteiger partial charge in [-0.1, -0.05) is 47.1 Å². The Labute approximate surface area is 209 Å². The molecule has 35 heavy (non-hydrogen) atoms. The molecule has 3 N–H and O–H groups in total. The second-order valence-electron chi connectivity index (χ2n) is 9.61. The van der Waals surface area contributed by atoms with Crippen LogP contribution in [0.1, 0.15) is 65.9 Å². The number of carbonyl (C=O) groups is 1. The summed E-state index contributed by atoms with van der Waals surface area (Å²) in [7, 11) is 0. The zero-order valence-electron chi connectivity index (χ0n) is 21.6. The van der Waals surface area contributed by atoms with Crippen molar-refractivity contribution in [2.24, 2.45) is 10.4 Å². The topological polar surface area (TPSA) is 74.8 Å². The Morgan fingerprint density at radius 2 is 1.77 bits per heavy atom. The van der Waals surface area contributed by atoms with Crippen molar-refractivity contribution in [2.45, 2.75) is 60.3 Å². The van der Waals surface area contributed by atoms with E-state index in [4.69, 9.17) is 4.74 Å². The molecule has 6 nitrogen and oxygen atoms in total. The summed E-state index contributed by atoms with van der Waals surface area (Å²) in [6.07, 6.45) is 5.58. The number of halogens is 1. The second-order valence-corrected chi connectivity index (χ2v) is 9.61. The van der Waals surface area contributed by atoms with Gasteiger partial charge in [0.25, 0.3) is 0 Å². The van der Waals surface area contributed by atoms with E-state index in [1.807, 2.05) is 0 Å². The van der Waals surface area contributed by atoms with E-state index in [1.165, 1.54) is 6.07 Å². The molecule has 0 heterocycles. The number of carbonyl (C=O) groups excluding carboxylic acids is 1. The molecule has 2 aromatic carbocycles. The minimum absolute atomic E-state index is 0.159. The van der Waals surface area contributed by atoms with Gasteiger partial charge in [0.2, 0.25) is 0 Å². The number of ether oxygens (including phenoxy) is 1. The van der Waals surface area contributed by atoms with E-state index in [0.29, 0.717) is 41.7 Å². The summed E-state index contributed by atoms with van der Waals surface area (Å²) in [4.78, 5) is 16.4. The zero-order chi connectivity index (χ0) is 25.8. The summed E-state index contributed by atoms with van der Waals surface area (Å²) in [5.74, 6) is -0.00624. The lowest BCUT2D eigenvalue weighted by Gasteiger charge is -2.18. The summed E-state index contributed by atoms with van der Waals surface area (Å²) in [5.41, 5.74) is 2.62. The summed E-state index contributed by atoms with van der Waals surface area (Å²) in [5, 5.41) is 8.80. The highest BCUT2D eigenvalue weighted by Gasteiger charge is 2.15. The molecule has 0 aliphatic rings. The van der Waals surface area contributed by atoms with Gasteiger partial charge < -0.3 is 20.7 Å². The summed E-state index contributed by atoms with van der Waals surface area (Å²) < 4.78 is 20.7. The first-order valence-corrected chi connectivity index (χ1v) is 12.2. The van der Waals surface area contributed by atoms with Gasteiger partial charge in [0.1, 0.15) is 11.6 Å². The Morgan fingerprint density at radius 3 is 2.37 bits per heavy atom. The first-order valence-electron chi connectivity index (χ1n) is 12.2. The lowest BCUT2D eigenvalue weighted by molar-refractivity contribution is 0.250. The molecule has 7 heteroatoms. The van der Waals surface area contributed by atoms with Gasteiger partial charge in [0, 0.05) is 42.0 Å². The number of urea groups is 1. The van der Waals surface area contributed by atoms with Crippen molar-refractivity contribution in [1.82, 2.24) is 5.32 Å². The van der Waals surface area contributed by atoms with Crippen molar-refractivity contribution in [2.75, 3.05) is 23.8 Å². The number of benzene rings is 2. The molecule has 2 rings (SSSR count). The van der Waals surface area contributed by atoms with Gasteiger partial charge in [-0.3, -0.25) is 4.99 Å². The monoisotopic (exact) mass is 482 g/mol. The number of hydrogen-bond donors (Lipinski definition) is 3. The smallest absolute Gasteiger partial charge is 0.319 e. The molecule has 0 spiro atoms. The van der Waals surface area contributed by atoms with E-state index >= 15 is 4.39 Å². The third kappa shape index (κ3) is 9.81. The fraction of sp³-hybridized carbons (Fsp3) is 0.429. The maximum Gasteiger partial charge on any atom is 0.319 e. The molecular formula is C28H39FN4O2. The molecule has 0 bridgehead atoms. The van der Waals surface area contributed by atoms with Crippen molar-refractivity contribution >= 4 is 35.0 Å². The van der Waals surface area contributed by atoms with E-state index in [9.17, 15) is 4.79 Å². The molecule has 0 aliphatic heterocycles. The van der Waals surface area contributed by atoms with Crippen molar-refractivity contribution in [1.29, 1.82) is 0 Å². The molecule has 0 aromatic heterocycles. The normalized spacial score (nSPS) is 11.4. The van der Waals surface area contributed by atoms with E-state index in [-0.39, 0.29) is 17.0 Å². The van der Waals surface area contributed by atoms with Crippen molar-refractivity contribution in [3.63, 3.8) is 0 Å². The maximum absolute atomic E-state index is 15.0. The fourth-order valence-corrected chi connectivity index (χ4v) is 3.33. The van der Waals surface area contributed by atoms with E-state index < -0.39 is 5.82 Å². The van der Waals surface area contributed by atoms with Crippen LogP contribution in [0.5, 0.6) is 5.75 Å². The van der Waals surface area contributed by atoms with Gasteiger partial charge in [0.05, 0.1) is 17.9 Å². The molecule has 0 aliphatic carbocycles. The van der Waals surface area contributed by atoms with Crippen molar-refractivity contribution in [3.05, 3.63) is 54.4 Å². The highest BCUT2D eigenvalue weighted by Crippen LogP contribution is 2.33. The lowest BCUT2D eigenvalue weighted by Crippen LogP contribution is -2.31. The largest absolute Gasteiger partial charge is 0.493 e. The van der Waals surface area contributed by atoms with Crippen LogP contribution in [0.2, 0.25) is 0 Å². The van der Waals surface area contributed by atoms with Crippen LogP contribution in [0.25, 0.3) is 5.70 Å². The maximum atomic E-state index is 15.0. The minimum Gasteiger partial charge on any atom is -0.493 e. The standard InChI is InChI=1S/C28H39FN4O2/c1-7-9-10-17-35-23-18-24(29)26(25(19-23)30-8-2)20(3)32-21-11-13-22(14-12-21)33-27(34)31-16-15-28(4,5)6/h8,11-14,18-19,32H,3,7,9-10,15-17H2,1-2,4-6H3,(H2,31,33,34). The molecule has 190 valence electrons. The Balaban J connectivity index is 2.03. The first-order chi connectivity index (χ1) is 16.6. The third-order valence-corrected chi connectivity index (χ3v) is 5.23. The first kappa shape index (κ1) is 27.9. The quantitative estimate of drug-likeness (QED) is 0.214. The molecule has 0 radical (unpaired) electrons. The van der Waals surface area contributed by atoms with Crippen LogP contribution in [0.3, 0.4) is 0 Å². The lowest BCUT2D eigenvalue weighted by atomic mass is 9.92. The van der Waals surface area contributed by atoms with Gasteiger partial charge in [-0.2, -0.15) is 0 Å². The van der Waals surface area contributed by atoms with Crippen molar-refractivity contribution in [3.8, 4) is 5.75 Å². The number of anilines is 2. The molecule has 2 aromatic rings. The van der Waals surface area contributed by atoms with Crippen LogP contribution in [-0.2, 0) is 0 Å². The van der Waals surface area contributed by atoms with Gasteiger partial charge in [-0.25, -0.2) is 9.18 Å². The van der Waals surface area contributed by atoms with Gasteiger partial charge in [0.15, 0.2) is 0 Å². The number of unbranched alkanes of at least 4 members (excludes halogenated alkanes) is 2. The summed E-state index contributed by atoms with van der Waals surface area (Å²) in [6.45, 7) is 15.5. The molecule has 0 saturated heterocycles.